The zero-order valence-electron chi connectivity index (χ0n) is 15.6. The number of aryl methyl sites for hydroxylation is 1. The van der Waals surface area contributed by atoms with Gasteiger partial charge in [0, 0.05) is 17.7 Å². The first-order chi connectivity index (χ1) is 12.7. The van der Waals surface area contributed by atoms with Crippen molar-refractivity contribution >= 4 is 22.4 Å². The first-order valence-corrected chi connectivity index (χ1v) is 8.45. The van der Waals surface area contributed by atoms with Crippen molar-refractivity contribution in [2.75, 3.05) is 0 Å². The van der Waals surface area contributed by atoms with Crippen LogP contribution in [0.1, 0.15) is 32.6 Å². The second-order valence-electron chi connectivity index (χ2n) is 6.68. The Morgan fingerprint density at radius 2 is 1.81 bits per heavy atom. The molecule has 1 heterocycles. The summed E-state index contributed by atoms with van der Waals surface area (Å²) in [6.45, 7) is 7.64. The topological polar surface area (TPSA) is 95.1 Å². The molecule has 0 aliphatic heterocycles. The van der Waals surface area contributed by atoms with Crippen LogP contribution in [0.3, 0.4) is 0 Å². The van der Waals surface area contributed by atoms with Gasteiger partial charge in [-0.2, -0.15) is 0 Å². The molecule has 7 nitrogen and oxygen atoms in total. The average molecular weight is 365 g/mol. The molecule has 0 bridgehead atoms. The molecule has 0 aliphatic rings. The first-order valence-electron chi connectivity index (χ1n) is 8.45. The van der Waals surface area contributed by atoms with Crippen LogP contribution in [0.15, 0.2) is 35.4 Å². The number of Topliss-reactive ketones (excluding diaryl/α,β-unsaturated/α-hetero) is 1. The number of carbonyl (C=O) groups excluding carboxylic acids is 1. The normalized spacial score (nSPS) is 11.0. The van der Waals surface area contributed by atoms with Gasteiger partial charge in [-0.25, -0.2) is 4.98 Å². The number of fused-ring (bicyclic) bond motifs is 1. The van der Waals surface area contributed by atoms with Crippen LogP contribution in [0.5, 0.6) is 0 Å². The molecule has 0 saturated heterocycles. The number of aromatic nitrogens is 2. The van der Waals surface area contributed by atoms with E-state index in [2.05, 4.69) is 4.98 Å². The van der Waals surface area contributed by atoms with Gasteiger partial charge in [0.15, 0.2) is 5.78 Å². The van der Waals surface area contributed by atoms with E-state index in [1.165, 1.54) is 29.1 Å². The number of nitro groups is 1. The number of nitro benzene ring substituents is 1. The molecular weight excluding hydrogens is 346 g/mol. The molecule has 0 aliphatic carbocycles. The number of benzene rings is 2. The molecular formula is C20H19N3O4. The Kier molecular flexibility index (Phi) is 4.61. The second-order valence-corrected chi connectivity index (χ2v) is 6.68. The number of non-ortho nitro benzene ring substituents is 1. The second kappa shape index (κ2) is 6.75. The van der Waals surface area contributed by atoms with Gasteiger partial charge in [0.2, 0.25) is 0 Å². The monoisotopic (exact) mass is 365 g/mol. The van der Waals surface area contributed by atoms with Crippen LogP contribution in [0.2, 0.25) is 0 Å². The minimum atomic E-state index is -0.567. The van der Waals surface area contributed by atoms with Crippen LogP contribution < -0.4 is 5.56 Å². The largest absolute Gasteiger partial charge is 0.292 e. The van der Waals surface area contributed by atoms with Gasteiger partial charge in [-0.15, -0.1) is 0 Å². The van der Waals surface area contributed by atoms with Gasteiger partial charge < -0.3 is 0 Å². The predicted molar refractivity (Wildman–Crippen MR) is 102 cm³/mol. The van der Waals surface area contributed by atoms with Crippen molar-refractivity contribution in [2.45, 2.75) is 34.2 Å². The molecule has 138 valence electrons. The number of hydrogen-bond donors (Lipinski definition) is 0. The number of rotatable bonds is 4. The Bertz CT molecular complexity index is 1160. The smallest absolute Gasteiger partial charge is 0.270 e. The van der Waals surface area contributed by atoms with Crippen LogP contribution in [0.25, 0.3) is 10.9 Å². The fourth-order valence-electron chi connectivity index (χ4n) is 3.11. The maximum atomic E-state index is 12.8. The lowest BCUT2D eigenvalue weighted by atomic mass is 9.92. The summed E-state index contributed by atoms with van der Waals surface area (Å²) >= 11 is 0. The van der Waals surface area contributed by atoms with Gasteiger partial charge in [-0.05, 0) is 62.1 Å². The standard InChI is InChI=1S/C20H19N3O4/c1-11-7-16(14(4)13(3)12(11)2)19(24)9-22-10-21-18-6-5-15(23(26)27)8-17(18)20(22)25/h5-8,10H,9H2,1-4H3. The van der Waals surface area contributed by atoms with E-state index in [9.17, 15) is 19.7 Å². The fourth-order valence-corrected chi connectivity index (χ4v) is 3.11. The van der Waals surface area contributed by atoms with E-state index in [-0.39, 0.29) is 23.4 Å². The minimum absolute atomic E-state index is 0.118. The van der Waals surface area contributed by atoms with Crippen molar-refractivity contribution in [1.29, 1.82) is 0 Å². The van der Waals surface area contributed by atoms with Crippen molar-refractivity contribution in [3.63, 3.8) is 0 Å². The Labute approximate surface area is 155 Å². The van der Waals surface area contributed by atoms with Crippen molar-refractivity contribution in [1.82, 2.24) is 9.55 Å². The van der Waals surface area contributed by atoms with E-state index >= 15 is 0 Å². The van der Waals surface area contributed by atoms with Crippen LogP contribution in [-0.4, -0.2) is 20.3 Å². The highest BCUT2D eigenvalue weighted by molar-refractivity contribution is 5.98. The number of hydrogen-bond acceptors (Lipinski definition) is 5. The Morgan fingerprint density at radius 3 is 2.48 bits per heavy atom. The summed E-state index contributed by atoms with van der Waals surface area (Å²) in [5.74, 6) is -0.201. The summed E-state index contributed by atoms with van der Waals surface area (Å²) in [4.78, 5) is 40.0. The fraction of sp³-hybridized carbons (Fsp3) is 0.250. The third-order valence-corrected chi connectivity index (χ3v) is 5.11. The van der Waals surface area contributed by atoms with E-state index in [0.29, 0.717) is 11.1 Å². The lowest BCUT2D eigenvalue weighted by Gasteiger charge is -2.14. The highest BCUT2D eigenvalue weighted by Gasteiger charge is 2.16. The number of nitrogens with zero attached hydrogens (tertiary/aromatic N) is 3. The summed E-state index contributed by atoms with van der Waals surface area (Å²) in [7, 11) is 0. The predicted octanol–water partition coefficient (Wildman–Crippen LogP) is 3.42. The zero-order chi connectivity index (χ0) is 19.9. The highest BCUT2D eigenvalue weighted by atomic mass is 16.6. The molecule has 2 aromatic carbocycles. The molecule has 0 atom stereocenters. The van der Waals surface area contributed by atoms with E-state index in [1.807, 2.05) is 33.8 Å². The van der Waals surface area contributed by atoms with Gasteiger partial charge in [0.05, 0.1) is 28.7 Å². The van der Waals surface area contributed by atoms with Crippen LogP contribution in [-0.2, 0) is 6.54 Å². The molecule has 0 saturated carbocycles. The molecule has 27 heavy (non-hydrogen) atoms. The van der Waals surface area contributed by atoms with Gasteiger partial charge in [-0.3, -0.25) is 24.3 Å². The maximum Gasteiger partial charge on any atom is 0.270 e. The highest BCUT2D eigenvalue weighted by Crippen LogP contribution is 2.22. The SMILES string of the molecule is Cc1cc(C(=O)Cn2cnc3ccc([N+](=O)[O-])cc3c2=O)c(C)c(C)c1C. The number of carbonyl (C=O) groups is 1. The van der Waals surface area contributed by atoms with Crippen LogP contribution >= 0.6 is 0 Å². The van der Waals surface area contributed by atoms with Crippen molar-refractivity contribution < 1.29 is 9.72 Å². The summed E-state index contributed by atoms with van der Waals surface area (Å²) in [6, 6.07) is 5.75. The third-order valence-electron chi connectivity index (χ3n) is 5.11. The van der Waals surface area contributed by atoms with E-state index in [1.54, 1.807) is 0 Å². The summed E-state index contributed by atoms with van der Waals surface area (Å²) in [5.41, 5.74) is 4.36. The number of ketones is 1. The molecule has 7 heteroatoms. The quantitative estimate of drug-likeness (QED) is 0.401. The Morgan fingerprint density at radius 1 is 1.11 bits per heavy atom. The molecule has 3 aromatic rings. The molecule has 3 rings (SSSR count). The van der Waals surface area contributed by atoms with Crippen molar-refractivity contribution in [3.05, 3.63) is 78.9 Å². The van der Waals surface area contributed by atoms with Crippen molar-refractivity contribution in [3.8, 4) is 0 Å². The minimum Gasteiger partial charge on any atom is -0.292 e. The molecule has 0 unspecified atom stereocenters. The van der Waals surface area contributed by atoms with Gasteiger partial charge in [-0.1, -0.05) is 0 Å². The summed E-state index contributed by atoms with van der Waals surface area (Å²) in [6.07, 6.45) is 1.30. The molecule has 0 N–H and O–H groups in total. The lowest BCUT2D eigenvalue weighted by molar-refractivity contribution is -0.384. The van der Waals surface area contributed by atoms with Crippen LogP contribution in [0.4, 0.5) is 5.69 Å². The van der Waals surface area contributed by atoms with Gasteiger partial charge >= 0.3 is 0 Å². The van der Waals surface area contributed by atoms with Crippen LogP contribution in [0, 0.1) is 37.8 Å². The average Bonchev–Trinajstić information content (AvgIpc) is 2.64. The van der Waals surface area contributed by atoms with Gasteiger partial charge in [0.25, 0.3) is 11.2 Å². The third kappa shape index (κ3) is 3.23. The van der Waals surface area contributed by atoms with Gasteiger partial charge in [0.1, 0.15) is 0 Å². The molecule has 0 radical (unpaired) electrons. The lowest BCUT2D eigenvalue weighted by Crippen LogP contribution is -2.25. The Balaban J connectivity index is 2.04. The molecule has 0 amide bonds. The van der Waals surface area contributed by atoms with E-state index in [0.717, 1.165) is 22.3 Å². The zero-order valence-corrected chi connectivity index (χ0v) is 15.6. The first kappa shape index (κ1) is 18.4. The molecule has 0 spiro atoms. The summed E-state index contributed by atoms with van der Waals surface area (Å²) < 4.78 is 1.19. The van der Waals surface area contributed by atoms with Crippen molar-refractivity contribution in [2.24, 2.45) is 0 Å². The van der Waals surface area contributed by atoms with E-state index < -0.39 is 10.5 Å². The summed E-state index contributed by atoms with van der Waals surface area (Å²) in [5, 5.41) is 11.1. The molecule has 0 fully saturated rings. The maximum absolute atomic E-state index is 12.8. The Hall–Kier alpha value is -3.35. The molecule has 1 aromatic heterocycles. The van der Waals surface area contributed by atoms with E-state index in [4.69, 9.17) is 0 Å².